The summed E-state index contributed by atoms with van der Waals surface area (Å²) in [7, 11) is 0. The highest BCUT2D eigenvalue weighted by molar-refractivity contribution is 14.1. The van der Waals surface area contributed by atoms with Crippen LogP contribution in [0.1, 0.15) is 20.7 Å². The zero-order chi connectivity index (χ0) is 14.7. The molecule has 6 heteroatoms. The molecule has 0 unspecified atom stereocenters. The maximum Gasteiger partial charge on any atom is 0.337 e. The molecule has 0 saturated heterocycles. The number of carboxylic acids is 1. The molecule has 4 nitrogen and oxygen atoms in total. The van der Waals surface area contributed by atoms with Crippen molar-refractivity contribution in [3.05, 3.63) is 60.7 Å². The Kier molecular flexibility index (Phi) is 4.97. The molecule has 2 aromatic carbocycles. The first-order chi connectivity index (χ1) is 9.47. The minimum atomic E-state index is -1.07. The van der Waals surface area contributed by atoms with Gasteiger partial charge in [0, 0.05) is 12.7 Å². The first-order valence-electron chi connectivity index (χ1n) is 5.57. The van der Waals surface area contributed by atoms with E-state index < -0.39 is 5.97 Å². The molecule has 0 aliphatic carbocycles. The molecule has 0 spiro atoms. The number of halogens is 2. The van der Waals surface area contributed by atoms with Crippen LogP contribution in [0.3, 0.4) is 0 Å². The molecule has 0 saturated carbocycles. The van der Waals surface area contributed by atoms with Crippen molar-refractivity contribution < 1.29 is 14.7 Å². The summed E-state index contributed by atoms with van der Waals surface area (Å²) in [5.41, 5.74) is 0.859. The summed E-state index contributed by atoms with van der Waals surface area (Å²) in [5, 5.41) is 11.8. The molecule has 0 aliphatic heterocycles. The molecule has 0 aromatic heterocycles. The van der Waals surface area contributed by atoms with Crippen molar-refractivity contribution in [1.29, 1.82) is 0 Å². The van der Waals surface area contributed by atoms with Gasteiger partial charge in [0.25, 0.3) is 5.91 Å². The third-order valence-corrected chi connectivity index (χ3v) is 3.96. The van der Waals surface area contributed by atoms with Crippen molar-refractivity contribution in [1.82, 2.24) is 0 Å². The zero-order valence-electron chi connectivity index (χ0n) is 10.1. The van der Waals surface area contributed by atoms with Gasteiger partial charge < -0.3 is 10.4 Å². The molecule has 2 N–H and O–H groups in total. The normalized spacial score (nSPS) is 10.1. The van der Waals surface area contributed by atoms with Gasteiger partial charge in [-0.1, -0.05) is 0 Å². The largest absolute Gasteiger partial charge is 0.478 e. The average Bonchev–Trinajstić information content (AvgIpc) is 2.41. The number of hydrogen-bond acceptors (Lipinski definition) is 2. The zero-order valence-corrected chi connectivity index (χ0v) is 14.4. The fourth-order valence-electron chi connectivity index (χ4n) is 1.60. The number of anilines is 1. The van der Waals surface area contributed by atoms with E-state index in [1.54, 1.807) is 24.3 Å². The third-order valence-electron chi connectivity index (χ3n) is 2.57. The van der Waals surface area contributed by atoms with Crippen molar-refractivity contribution in [3.8, 4) is 0 Å². The van der Waals surface area contributed by atoms with Crippen LogP contribution >= 0.6 is 45.2 Å². The summed E-state index contributed by atoms with van der Waals surface area (Å²) in [6, 6.07) is 11.9. The van der Waals surface area contributed by atoms with E-state index >= 15 is 0 Å². The van der Waals surface area contributed by atoms with Gasteiger partial charge in [0.05, 0.1) is 11.3 Å². The topological polar surface area (TPSA) is 66.4 Å². The summed E-state index contributed by atoms with van der Waals surface area (Å²) >= 11 is 4.18. The number of benzene rings is 2. The van der Waals surface area contributed by atoms with Crippen LogP contribution in [-0.2, 0) is 0 Å². The molecule has 102 valence electrons. The number of aromatic carboxylic acids is 1. The predicted molar refractivity (Wildman–Crippen MR) is 93.2 cm³/mol. The van der Waals surface area contributed by atoms with E-state index in [2.05, 4.69) is 27.9 Å². The number of carbonyl (C=O) groups is 2. The fraction of sp³-hybridized carbons (Fsp3) is 0. The maximum atomic E-state index is 12.1. The SMILES string of the molecule is O=C(Nc1ccc(I)cc1C(=O)O)c1ccc(I)cc1. The van der Waals surface area contributed by atoms with Crippen molar-refractivity contribution in [3.63, 3.8) is 0 Å². The molecule has 0 fully saturated rings. The van der Waals surface area contributed by atoms with Gasteiger partial charge in [-0.2, -0.15) is 0 Å². The lowest BCUT2D eigenvalue weighted by molar-refractivity contribution is 0.0698. The minimum Gasteiger partial charge on any atom is -0.478 e. The third kappa shape index (κ3) is 3.69. The maximum absolute atomic E-state index is 12.1. The number of hydrogen-bond donors (Lipinski definition) is 2. The van der Waals surface area contributed by atoms with Crippen LogP contribution in [0, 0.1) is 7.14 Å². The van der Waals surface area contributed by atoms with Crippen LogP contribution < -0.4 is 5.32 Å². The molecule has 0 heterocycles. The van der Waals surface area contributed by atoms with Crippen LogP contribution in [0.4, 0.5) is 5.69 Å². The summed E-state index contributed by atoms with van der Waals surface area (Å²) < 4.78 is 1.83. The molecule has 0 radical (unpaired) electrons. The Bertz CT molecular complexity index is 669. The summed E-state index contributed by atoms with van der Waals surface area (Å²) in [4.78, 5) is 23.3. The highest BCUT2D eigenvalue weighted by atomic mass is 127. The van der Waals surface area contributed by atoms with Crippen LogP contribution in [0.5, 0.6) is 0 Å². The smallest absolute Gasteiger partial charge is 0.337 e. The van der Waals surface area contributed by atoms with Gasteiger partial charge >= 0.3 is 5.97 Å². The van der Waals surface area contributed by atoms with Crippen molar-refractivity contribution in [2.75, 3.05) is 5.32 Å². The highest BCUT2D eigenvalue weighted by Crippen LogP contribution is 2.20. The van der Waals surface area contributed by atoms with Gasteiger partial charge in [-0.25, -0.2) is 4.79 Å². The van der Waals surface area contributed by atoms with Gasteiger partial charge in [-0.15, -0.1) is 0 Å². The Morgan fingerprint density at radius 1 is 0.950 bits per heavy atom. The lowest BCUT2D eigenvalue weighted by Crippen LogP contribution is -2.15. The Labute approximate surface area is 142 Å². The first kappa shape index (κ1) is 15.2. The van der Waals surface area contributed by atoms with Gasteiger partial charge in [0.2, 0.25) is 0 Å². The fourth-order valence-corrected chi connectivity index (χ4v) is 2.45. The highest BCUT2D eigenvalue weighted by Gasteiger charge is 2.14. The Morgan fingerprint density at radius 2 is 1.55 bits per heavy atom. The van der Waals surface area contributed by atoms with Gasteiger partial charge in [-0.3, -0.25) is 4.79 Å². The number of carboxylic acid groups (broad SMARTS) is 1. The van der Waals surface area contributed by atoms with E-state index in [1.165, 1.54) is 6.07 Å². The molecule has 1 amide bonds. The first-order valence-corrected chi connectivity index (χ1v) is 7.73. The molecule has 0 aliphatic rings. The Hall–Kier alpha value is -1.16. The molecular formula is C14H9I2NO3. The van der Waals surface area contributed by atoms with Gasteiger partial charge in [-0.05, 0) is 87.6 Å². The van der Waals surface area contributed by atoms with E-state index in [0.717, 1.165) is 7.14 Å². The van der Waals surface area contributed by atoms with E-state index in [0.29, 0.717) is 11.3 Å². The Balaban J connectivity index is 2.28. The van der Waals surface area contributed by atoms with Crippen LogP contribution in [0.25, 0.3) is 0 Å². The predicted octanol–water partition coefficient (Wildman–Crippen LogP) is 3.85. The van der Waals surface area contributed by atoms with Crippen molar-refractivity contribution in [2.45, 2.75) is 0 Å². The monoisotopic (exact) mass is 493 g/mol. The van der Waals surface area contributed by atoms with Crippen LogP contribution in [0.15, 0.2) is 42.5 Å². The minimum absolute atomic E-state index is 0.0794. The molecule has 0 bridgehead atoms. The number of rotatable bonds is 3. The molecule has 2 aromatic rings. The lowest BCUT2D eigenvalue weighted by atomic mass is 10.1. The molecule has 20 heavy (non-hydrogen) atoms. The second kappa shape index (κ2) is 6.53. The second-order valence-electron chi connectivity index (χ2n) is 3.96. The van der Waals surface area contributed by atoms with Crippen molar-refractivity contribution in [2.24, 2.45) is 0 Å². The van der Waals surface area contributed by atoms with Crippen LogP contribution in [-0.4, -0.2) is 17.0 Å². The van der Waals surface area contributed by atoms with Crippen LogP contribution in [0.2, 0.25) is 0 Å². The number of nitrogens with one attached hydrogen (secondary N) is 1. The van der Waals surface area contributed by atoms with E-state index in [4.69, 9.17) is 5.11 Å². The standard InChI is InChI=1S/C14H9I2NO3/c15-9-3-1-8(2-4-9)13(18)17-12-6-5-10(16)7-11(12)14(19)20/h1-7H,(H,17,18)(H,19,20). The summed E-state index contributed by atoms with van der Waals surface area (Å²) in [6.45, 7) is 0. The second-order valence-corrected chi connectivity index (χ2v) is 6.45. The van der Waals surface area contributed by atoms with E-state index in [-0.39, 0.29) is 11.5 Å². The van der Waals surface area contributed by atoms with Gasteiger partial charge in [0.1, 0.15) is 0 Å². The Morgan fingerprint density at radius 3 is 2.15 bits per heavy atom. The summed E-state index contributed by atoms with van der Waals surface area (Å²) in [5.74, 6) is -1.40. The average molecular weight is 493 g/mol. The number of amides is 1. The molecule has 0 atom stereocenters. The lowest BCUT2D eigenvalue weighted by Gasteiger charge is -2.09. The number of carbonyl (C=O) groups excluding carboxylic acids is 1. The summed E-state index contributed by atoms with van der Waals surface area (Å²) in [6.07, 6.45) is 0. The van der Waals surface area contributed by atoms with E-state index in [1.807, 2.05) is 34.7 Å². The quantitative estimate of drug-likeness (QED) is 0.640. The van der Waals surface area contributed by atoms with Gasteiger partial charge in [0.15, 0.2) is 0 Å². The van der Waals surface area contributed by atoms with E-state index in [9.17, 15) is 9.59 Å². The molecule has 2 rings (SSSR count). The molecular weight excluding hydrogens is 484 g/mol. The van der Waals surface area contributed by atoms with Crippen molar-refractivity contribution >= 4 is 62.7 Å².